The minimum atomic E-state index is -0.541. The molecule has 0 aromatic rings. The number of hydrogen-bond donors (Lipinski definition) is 2. The van der Waals surface area contributed by atoms with Crippen molar-refractivity contribution in [2.45, 2.75) is 76.7 Å². The third kappa shape index (κ3) is 5.72. The fourth-order valence-electron chi connectivity index (χ4n) is 5.90. The van der Waals surface area contributed by atoms with Gasteiger partial charge < -0.3 is 20.3 Å². The SMILES string of the molecule is O=C1CNC(=O)C2(C/C=C/C[C@H]3COCC[C@H]3N1)CCN(C(=O)CCC1CCCC1)CC2. The standard InChI is InChI=1S/C25H39N3O4/c29-22-17-26-24(31)25(11-4-3-7-20-18-32-16-10-21(20)27-22)12-14-28(15-13-25)23(30)9-8-19-5-1-2-6-19/h3-4,19-21H,1-2,5-18H2,(H,26,31)(H,27,29)/b4-3+/t20-,21+/m0/s1. The van der Waals surface area contributed by atoms with Crippen LogP contribution in [-0.4, -0.2) is 61.5 Å². The second kappa shape index (κ2) is 10.8. The Morgan fingerprint density at radius 1 is 1.12 bits per heavy atom. The van der Waals surface area contributed by atoms with Crippen molar-refractivity contribution in [3.05, 3.63) is 12.2 Å². The van der Waals surface area contributed by atoms with Crippen LogP contribution in [0.15, 0.2) is 12.2 Å². The number of allylic oxidation sites excluding steroid dienone is 2. The summed E-state index contributed by atoms with van der Waals surface area (Å²) in [6.45, 7) is 2.57. The summed E-state index contributed by atoms with van der Waals surface area (Å²) in [7, 11) is 0. The molecule has 3 heterocycles. The van der Waals surface area contributed by atoms with Gasteiger partial charge in [0.2, 0.25) is 17.7 Å². The maximum atomic E-state index is 13.2. The van der Waals surface area contributed by atoms with Gasteiger partial charge in [0.05, 0.1) is 18.6 Å². The van der Waals surface area contributed by atoms with Gasteiger partial charge in [0.1, 0.15) is 0 Å². The fraction of sp³-hybridized carbons (Fsp3) is 0.800. The molecule has 3 aliphatic heterocycles. The Balaban J connectivity index is 1.35. The fourth-order valence-corrected chi connectivity index (χ4v) is 5.90. The molecule has 4 aliphatic rings. The molecule has 0 unspecified atom stereocenters. The van der Waals surface area contributed by atoms with Crippen LogP contribution in [0.2, 0.25) is 0 Å². The Morgan fingerprint density at radius 3 is 2.69 bits per heavy atom. The van der Waals surface area contributed by atoms with Gasteiger partial charge in [0.25, 0.3) is 0 Å². The summed E-state index contributed by atoms with van der Waals surface area (Å²) in [5.74, 6) is 1.04. The molecule has 32 heavy (non-hydrogen) atoms. The van der Waals surface area contributed by atoms with Crippen molar-refractivity contribution in [1.82, 2.24) is 15.5 Å². The number of hydrogen-bond acceptors (Lipinski definition) is 4. The minimum absolute atomic E-state index is 0.0123. The molecule has 4 rings (SSSR count). The maximum Gasteiger partial charge on any atom is 0.239 e. The van der Waals surface area contributed by atoms with Crippen molar-refractivity contribution in [3.8, 4) is 0 Å². The van der Waals surface area contributed by atoms with Crippen LogP contribution >= 0.6 is 0 Å². The largest absolute Gasteiger partial charge is 0.381 e. The molecule has 0 radical (unpaired) electrons. The summed E-state index contributed by atoms with van der Waals surface area (Å²) in [5, 5.41) is 5.98. The van der Waals surface area contributed by atoms with Gasteiger partial charge in [-0.3, -0.25) is 14.4 Å². The highest BCUT2D eigenvalue weighted by atomic mass is 16.5. The first kappa shape index (κ1) is 23.3. The number of rotatable bonds is 3. The summed E-state index contributed by atoms with van der Waals surface area (Å²) in [6, 6.07) is 0.102. The summed E-state index contributed by atoms with van der Waals surface area (Å²) in [5.41, 5.74) is -0.541. The Labute approximate surface area is 191 Å². The minimum Gasteiger partial charge on any atom is -0.381 e. The molecule has 3 amide bonds. The number of amides is 3. The molecular formula is C25H39N3O4. The molecule has 7 nitrogen and oxygen atoms in total. The van der Waals surface area contributed by atoms with Gasteiger partial charge in [-0.15, -0.1) is 0 Å². The van der Waals surface area contributed by atoms with Gasteiger partial charge >= 0.3 is 0 Å². The average molecular weight is 446 g/mol. The van der Waals surface area contributed by atoms with Gasteiger partial charge in [-0.25, -0.2) is 0 Å². The molecule has 2 N–H and O–H groups in total. The van der Waals surface area contributed by atoms with E-state index in [1.165, 1.54) is 25.7 Å². The number of ether oxygens (including phenoxy) is 1. The monoisotopic (exact) mass is 445 g/mol. The van der Waals surface area contributed by atoms with E-state index >= 15 is 0 Å². The van der Waals surface area contributed by atoms with Crippen LogP contribution in [0.1, 0.15) is 70.6 Å². The Morgan fingerprint density at radius 2 is 1.91 bits per heavy atom. The highest BCUT2D eigenvalue weighted by Crippen LogP contribution is 2.37. The molecule has 1 spiro atoms. The molecular weight excluding hydrogens is 406 g/mol. The van der Waals surface area contributed by atoms with Crippen molar-refractivity contribution in [3.63, 3.8) is 0 Å². The van der Waals surface area contributed by atoms with Crippen LogP contribution in [0.3, 0.4) is 0 Å². The van der Waals surface area contributed by atoms with Gasteiger partial charge in [-0.05, 0) is 44.4 Å². The first-order valence-electron chi connectivity index (χ1n) is 12.6. The summed E-state index contributed by atoms with van der Waals surface area (Å²) in [6.07, 6.45) is 14.7. The van der Waals surface area contributed by atoms with Gasteiger partial charge in [0.15, 0.2) is 0 Å². The molecule has 2 atom stereocenters. The highest BCUT2D eigenvalue weighted by Gasteiger charge is 2.41. The van der Waals surface area contributed by atoms with Crippen molar-refractivity contribution in [2.75, 3.05) is 32.8 Å². The molecule has 3 fully saturated rings. The molecule has 0 bridgehead atoms. The predicted molar refractivity (Wildman–Crippen MR) is 122 cm³/mol. The van der Waals surface area contributed by atoms with Crippen LogP contribution < -0.4 is 10.6 Å². The Hall–Kier alpha value is -1.89. The lowest BCUT2D eigenvalue weighted by Gasteiger charge is -2.40. The lowest BCUT2D eigenvalue weighted by Crippen LogP contribution is -2.53. The van der Waals surface area contributed by atoms with E-state index in [2.05, 4.69) is 22.8 Å². The second-order valence-electron chi connectivity index (χ2n) is 10.2. The lowest BCUT2D eigenvalue weighted by molar-refractivity contribution is -0.141. The molecule has 178 valence electrons. The number of nitrogens with one attached hydrogen (secondary N) is 2. The first-order valence-corrected chi connectivity index (χ1v) is 12.6. The van der Waals surface area contributed by atoms with E-state index in [9.17, 15) is 14.4 Å². The van der Waals surface area contributed by atoms with E-state index < -0.39 is 5.41 Å². The van der Waals surface area contributed by atoms with Crippen LogP contribution in [-0.2, 0) is 19.1 Å². The molecule has 0 aromatic heterocycles. The molecule has 1 saturated carbocycles. The zero-order chi connectivity index (χ0) is 22.4. The zero-order valence-electron chi connectivity index (χ0n) is 19.3. The molecule has 0 aromatic carbocycles. The first-order chi connectivity index (χ1) is 15.6. The summed E-state index contributed by atoms with van der Waals surface area (Å²) < 4.78 is 5.62. The Kier molecular flexibility index (Phi) is 7.87. The number of carbonyl (C=O) groups is 3. The Bertz CT molecular complexity index is 708. The predicted octanol–water partition coefficient (Wildman–Crippen LogP) is 2.55. The van der Waals surface area contributed by atoms with Crippen LogP contribution in [0.4, 0.5) is 0 Å². The van der Waals surface area contributed by atoms with Crippen molar-refractivity contribution < 1.29 is 19.1 Å². The van der Waals surface area contributed by atoms with Crippen molar-refractivity contribution in [1.29, 1.82) is 0 Å². The second-order valence-corrected chi connectivity index (χ2v) is 10.2. The number of nitrogens with zero attached hydrogens (tertiary/aromatic N) is 1. The van der Waals surface area contributed by atoms with E-state index in [0.717, 1.165) is 25.2 Å². The normalized spacial score (nSPS) is 30.6. The van der Waals surface area contributed by atoms with E-state index in [4.69, 9.17) is 4.74 Å². The number of fused-ring (bicyclic) bond motifs is 1. The number of likely N-dealkylation sites (tertiary alicyclic amines) is 1. The summed E-state index contributed by atoms with van der Waals surface area (Å²) >= 11 is 0. The molecule has 2 saturated heterocycles. The third-order valence-electron chi connectivity index (χ3n) is 8.14. The summed E-state index contributed by atoms with van der Waals surface area (Å²) in [4.78, 5) is 40.3. The molecule has 7 heteroatoms. The van der Waals surface area contributed by atoms with E-state index in [0.29, 0.717) is 52.0 Å². The average Bonchev–Trinajstić information content (AvgIpc) is 3.33. The van der Waals surface area contributed by atoms with Gasteiger partial charge in [0, 0.05) is 38.1 Å². The highest BCUT2D eigenvalue weighted by molar-refractivity contribution is 5.88. The molecule has 1 aliphatic carbocycles. The zero-order valence-corrected chi connectivity index (χ0v) is 19.3. The van der Waals surface area contributed by atoms with E-state index in [1.54, 1.807) is 0 Å². The van der Waals surface area contributed by atoms with Crippen LogP contribution in [0.25, 0.3) is 0 Å². The quantitative estimate of drug-likeness (QED) is 0.654. The van der Waals surface area contributed by atoms with Crippen LogP contribution in [0, 0.1) is 17.3 Å². The van der Waals surface area contributed by atoms with Crippen molar-refractivity contribution >= 4 is 17.7 Å². The van der Waals surface area contributed by atoms with Crippen LogP contribution in [0.5, 0.6) is 0 Å². The van der Waals surface area contributed by atoms with E-state index in [1.807, 2.05) is 4.90 Å². The maximum absolute atomic E-state index is 13.2. The van der Waals surface area contributed by atoms with Gasteiger partial charge in [-0.2, -0.15) is 0 Å². The van der Waals surface area contributed by atoms with Crippen molar-refractivity contribution in [2.24, 2.45) is 17.3 Å². The smallest absolute Gasteiger partial charge is 0.239 e. The van der Waals surface area contributed by atoms with Gasteiger partial charge in [-0.1, -0.05) is 37.8 Å². The number of carbonyl (C=O) groups excluding carboxylic acids is 3. The third-order valence-corrected chi connectivity index (χ3v) is 8.14. The lowest BCUT2D eigenvalue weighted by atomic mass is 9.74. The number of piperidine rings is 1. The van der Waals surface area contributed by atoms with E-state index in [-0.39, 0.29) is 36.2 Å². The topological polar surface area (TPSA) is 87.7 Å².